The van der Waals surface area contributed by atoms with Gasteiger partial charge in [-0.3, -0.25) is 19.7 Å². The van der Waals surface area contributed by atoms with Crippen molar-refractivity contribution >= 4 is 21.8 Å². The summed E-state index contributed by atoms with van der Waals surface area (Å²) in [6.07, 6.45) is 9.90. The number of nitrogens with zero attached hydrogens (tertiary/aromatic N) is 4. The quantitative estimate of drug-likeness (QED) is 0.201. The molecule has 0 saturated carbocycles. The Balaban J connectivity index is 1.15. The van der Waals surface area contributed by atoms with Crippen LogP contribution in [0.15, 0.2) is 96.2 Å². The number of hydrogen-bond donors (Lipinski definition) is 0. The first-order valence-electron chi connectivity index (χ1n) is 13.3. The van der Waals surface area contributed by atoms with Crippen LogP contribution in [0, 0.1) is 0 Å². The molecule has 38 heavy (non-hydrogen) atoms. The van der Waals surface area contributed by atoms with E-state index in [1.54, 1.807) is 17.7 Å². The average molecular weight is 507 g/mol. The number of para-hydroxylation sites is 1. The van der Waals surface area contributed by atoms with E-state index in [2.05, 4.69) is 45.2 Å². The first-order chi connectivity index (χ1) is 18.7. The van der Waals surface area contributed by atoms with E-state index in [-0.39, 0.29) is 5.56 Å². The summed E-state index contributed by atoms with van der Waals surface area (Å²) in [5, 5.41) is 2.24. The normalized spacial score (nSPS) is 11.4. The van der Waals surface area contributed by atoms with Crippen molar-refractivity contribution in [2.75, 3.05) is 19.7 Å². The Bertz CT molecular complexity index is 1540. The molecule has 6 nitrogen and oxygen atoms in total. The minimum absolute atomic E-state index is 0.00207. The zero-order chi connectivity index (χ0) is 26.2. The molecule has 2 aromatic carbocycles. The van der Waals surface area contributed by atoms with Gasteiger partial charge < -0.3 is 9.30 Å². The molecule has 0 saturated heterocycles. The number of aromatic nitrogens is 3. The van der Waals surface area contributed by atoms with Gasteiger partial charge in [-0.05, 0) is 85.8 Å². The highest BCUT2D eigenvalue weighted by Crippen LogP contribution is 2.21. The topological polar surface area (TPSA) is 60.2 Å². The number of ether oxygens (including phenoxy) is 1. The zero-order valence-electron chi connectivity index (χ0n) is 21.9. The van der Waals surface area contributed by atoms with Crippen LogP contribution < -0.4 is 10.3 Å². The SMILES string of the molecule is Cn1c(=O)ccc2cc(OCCCCCN(CCc3cccnc3)Cc3ccnc4ccccc34)ccc21. The summed E-state index contributed by atoms with van der Waals surface area (Å²) in [6, 6.07) is 24.0. The van der Waals surface area contributed by atoms with Crippen molar-refractivity contribution < 1.29 is 4.74 Å². The Labute approximate surface area is 223 Å². The van der Waals surface area contributed by atoms with Gasteiger partial charge in [0.1, 0.15) is 5.75 Å². The molecule has 0 unspecified atom stereocenters. The third-order valence-electron chi connectivity index (χ3n) is 7.06. The lowest BCUT2D eigenvalue weighted by Gasteiger charge is -2.23. The van der Waals surface area contributed by atoms with Gasteiger partial charge in [-0.1, -0.05) is 24.3 Å². The van der Waals surface area contributed by atoms with E-state index >= 15 is 0 Å². The van der Waals surface area contributed by atoms with Gasteiger partial charge >= 0.3 is 0 Å². The molecular weight excluding hydrogens is 472 g/mol. The van der Waals surface area contributed by atoms with Crippen molar-refractivity contribution in [1.29, 1.82) is 0 Å². The second-order valence-electron chi connectivity index (χ2n) is 9.73. The molecule has 0 amide bonds. The fourth-order valence-corrected chi connectivity index (χ4v) is 4.89. The lowest BCUT2D eigenvalue weighted by atomic mass is 10.1. The highest BCUT2D eigenvalue weighted by atomic mass is 16.5. The number of pyridine rings is 3. The van der Waals surface area contributed by atoms with Crippen LogP contribution in [-0.2, 0) is 20.0 Å². The van der Waals surface area contributed by atoms with E-state index in [1.165, 1.54) is 16.5 Å². The van der Waals surface area contributed by atoms with Gasteiger partial charge in [0.05, 0.1) is 17.6 Å². The van der Waals surface area contributed by atoms with Crippen LogP contribution in [-0.4, -0.2) is 39.1 Å². The minimum Gasteiger partial charge on any atom is -0.494 e. The van der Waals surface area contributed by atoms with Gasteiger partial charge in [-0.15, -0.1) is 0 Å². The molecule has 0 aliphatic carbocycles. The monoisotopic (exact) mass is 506 g/mol. The van der Waals surface area contributed by atoms with Crippen LogP contribution in [0.25, 0.3) is 21.8 Å². The minimum atomic E-state index is -0.00207. The van der Waals surface area contributed by atoms with Crippen molar-refractivity contribution in [2.24, 2.45) is 7.05 Å². The highest BCUT2D eigenvalue weighted by Gasteiger charge is 2.10. The van der Waals surface area contributed by atoms with Crippen molar-refractivity contribution in [3.05, 3.63) is 113 Å². The molecule has 6 heteroatoms. The number of unbranched alkanes of at least 4 members (excludes halogenated alkanes) is 2. The molecule has 0 atom stereocenters. The van der Waals surface area contributed by atoms with E-state index in [4.69, 9.17) is 4.74 Å². The van der Waals surface area contributed by atoms with Gasteiger partial charge in [-0.2, -0.15) is 0 Å². The van der Waals surface area contributed by atoms with Crippen molar-refractivity contribution in [2.45, 2.75) is 32.2 Å². The van der Waals surface area contributed by atoms with Crippen LogP contribution in [0.2, 0.25) is 0 Å². The maximum Gasteiger partial charge on any atom is 0.250 e. The van der Waals surface area contributed by atoms with Crippen LogP contribution in [0.1, 0.15) is 30.4 Å². The molecule has 3 heterocycles. The number of benzene rings is 2. The Hall–Kier alpha value is -4.03. The largest absolute Gasteiger partial charge is 0.494 e. The molecule has 0 radical (unpaired) electrons. The molecular formula is C32H34N4O2. The second kappa shape index (κ2) is 12.5. The van der Waals surface area contributed by atoms with Crippen molar-refractivity contribution in [1.82, 2.24) is 19.4 Å². The van der Waals surface area contributed by atoms with E-state index in [0.717, 1.165) is 67.5 Å². The van der Waals surface area contributed by atoms with Gasteiger partial charge in [0, 0.05) is 55.6 Å². The number of rotatable bonds is 12. The second-order valence-corrected chi connectivity index (χ2v) is 9.73. The first kappa shape index (κ1) is 25.6. The molecule has 0 aliphatic heterocycles. The summed E-state index contributed by atoms with van der Waals surface area (Å²) in [4.78, 5) is 23.2. The van der Waals surface area contributed by atoms with Gasteiger partial charge in [0.2, 0.25) is 0 Å². The Morgan fingerprint density at radius 1 is 0.895 bits per heavy atom. The van der Waals surface area contributed by atoms with Crippen LogP contribution in [0.4, 0.5) is 0 Å². The summed E-state index contributed by atoms with van der Waals surface area (Å²) >= 11 is 0. The third kappa shape index (κ3) is 6.45. The lowest BCUT2D eigenvalue weighted by Crippen LogP contribution is -2.27. The van der Waals surface area contributed by atoms with Crippen LogP contribution >= 0.6 is 0 Å². The highest BCUT2D eigenvalue weighted by molar-refractivity contribution is 5.82. The molecule has 194 valence electrons. The van der Waals surface area contributed by atoms with Gasteiger partial charge in [-0.25, -0.2) is 0 Å². The molecule has 0 bridgehead atoms. The molecule has 0 N–H and O–H groups in total. The maximum absolute atomic E-state index is 11.8. The predicted octanol–water partition coefficient (Wildman–Crippen LogP) is 5.78. The van der Waals surface area contributed by atoms with Crippen LogP contribution in [0.5, 0.6) is 5.75 Å². The summed E-state index contributed by atoms with van der Waals surface area (Å²) in [7, 11) is 1.79. The Kier molecular flexibility index (Phi) is 8.41. The predicted molar refractivity (Wildman–Crippen MR) is 153 cm³/mol. The molecule has 0 spiro atoms. The number of fused-ring (bicyclic) bond motifs is 2. The van der Waals surface area contributed by atoms with Crippen molar-refractivity contribution in [3.63, 3.8) is 0 Å². The summed E-state index contributed by atoms with van der Waals surface area (Å²) in [6.45, 7) is 3.60. The van der Waals surface area contributed by atoms with E-state index in [0.29, 0.717) is 6.61 Å². The Morgan fingerprint density at radius 2 is 1.82 bits per heavy atom. The third-order valence-corrected chi connectivity index (χ3v) is 7.06. The van der Waals surface area contributed by atoms with Crippen LogP contribution in [0.3, 0.4) is 0 Å². The standard InChI is InChI=1S/C32H34N4O2/c1-35-31-13-12-28(22-26(31)11-14-32(35)37)38-21-6-2-5-19-36(20-16-25-8-7-17-33-23-25)24-27-15-18-34-30-10-4-3-9-29(27)30/h3-4,7-15,17-18,22-23H,2,5-6,16,19-21,24H2,1H3. The van der Waals surface area contributed by atoms with E-state index < -0.39 is 0 Å². The zero-order valence-corrected chi connectivity index (χ0v) is 21.9. The van der Waals surface area contributed by atoms with E-state index in [9.17, 15) is 4.79 Å². The lowest BCUT2D eigenvalue weighted by molar-refractivity contribution is 0.254. The fraction of sp³-hybridized carbons (Fsp3) is 0.281. The smallest absolute Gasteiger partial charge is 0.250 e. The summed E-state index contributed by atoms with van der Waals surface area (Å²) < 4.78 is 7.69. The molecule has 0 aliphatic rings. The summed E-state index contributed by atoms with van der Waals surface area (Å²) in [5.74, 6) is 0.846. The molecule has 5 rings (SSSR count). The number of aryl methyl sites for hydroxylation is 1. The van der Waals surface area contributed by atoms with Gasteiger partial charge in [0.15, 0.2) is 0 Å². The average Bonchev–Trinajstić information content (AvgIpc) is 2.96. The van der Waals surface area contributed by atoms with E-state index in [1.807, 2.05) is 55.0 Å². The first-order valence-corrected chi connectivity index (χ1v) is 13.3. The molecule has 5 aromatic rings. The van der Waals surface area contributed by atoms with Gasteiger partial charge in [0.25, 0.3) is 5.56 Å². The van der Waals surface area contributed by atoms with Crippen molar-refractivity contribution in [3.8, 4) is 5.75 Å². The maximum atomic E-state index is 11.8. The summed E-state index contributed by atoms with van der Waals surface area (Å²) in [5.41, 5.74) is 4.54. The number of hydrogen-bond acceptors (Lipinski definition) is 5. The molecule has 0 fully saturated rings. The molecule has 3 aromatic heterocycles. The fourth-order valence-electron chi connectivity index (χ4n) is 4.89. The Morgan fingerprint density at radius 3 is 2.71 bits per heavy atom.